The van der Waals surface area contributed by atoms with E-state index in [1.807, 2.05) is 29.9 Å². The molecule has 30 heavy (non-hydrogen) atoms. The average molecular weight is 409 g/mol. The van der Waals surface area contributed by atoms with Gasteiger partial charge in [-0.05, 0) is 31.0 Å². The summed E-state index contributed by atoms with van der Waals surface area (Å²) in [5.41, 5.74) is 3.75. The predicted octanol–water partition coefficient (Wildman–Crippen LogP) is 2.47. The van der Waals surface area contributed by atoms with E-state index in [2.05, 4.69) is 20.9 Å². The van der Waals surface area contributed by atoms with E-state index in [0.29, 0.717) is 18.1 Å². The zero-order chi connectivity index (χ0) is 21.1. The summed E-state index contributed by atoms with van der Waals surface area (Å²) in [4.78, 5) is 30.3. The lowest BCUT2D eigenvalue weighted by atomic mass is 9.92. The summed E-state index contributed by atoms with van der Waals surface area (Å²) in [5, 5.41) is 0. The third kappa shape index (κ3) is 4.00. The second-order valence-electron chi connectivity index (χ2n) is 7.81. The molecule has 1 aliphatic heterocycles. The molecule has 1 fully saturated rings. The van der Waals surface area contributed by atoms with Crippen LogP contribution in [0.15, 0.2) is 36.9 Å². The van der Waals surface area contributed by atoms with E-state index in [0.717, 1.165) is 55.0 Å². The van der Waals surface area contributed by atoms with Gasteiger partial charge in [0, 0.05) is 70.4 Å². The van der Waals surface area contributed by atoms with E-state index >= 15 is 0 Å². The van der Waals surface area contributed by atoms with Crippen LogP contribution >= 0.6 is 0 Å². The van der Waals surface area contributed by atoms with Gasteiger partial charge in [0.25, 0.3) is 5.91 Å². The van der Waals surface area contributed by atoms with Gasteiger partial charge in [0.2, 0.25) is 0 Å². The molecule has 8 heteroatoms. The minimum atomic E-state index is 0.0749. The lowest BCUT2D eigenvalue weighted by Crippen LogP contribution is -2.38. The van der Waals surface area contributed by atoms with Crippen LogP contribution in [0.25, 0.3) is 11.0 Å². The number of nitrogens with zero attached hydrogens (tertiary/aromatic N) is 6. The second kappa shape index (κ2) is 8.79. The molecule has 0 atom stereocenters. The molecule has 8 nitrogen and oxygen atoms in total. The van der Waals surface area contributed by atoms with Crippen LogP contribution in [0, 0.1) is 0 Å². The van der Waals surface area contributed by atoms with Gasteiger partial charge in [-0.2, -0.15) is 0 Å². The molecule has 4 heterocycles. The number of likely N-dealkylation sites (N-methyl/N-ethyl adjacent to an activating group) is 1. The first kappa shape index (κ1) is 20.3. The summed E-state index contributed by atoms with van der Waals surface area (Å²) >= 11 is 0. The zero-order valence-electron chi connectivity index (χ0n) is 17.8. The first-order chi connectivity index (χ1) is 14.6. The van der Waals surface area contributed by atoms with Crippen molar-refractivity contribution in [2.45, 2.75) is 18.8 Å². The third-order valence-electron chi connectivity index (χ3n) is 5.83. The molecule has 0 unspecified atom stereocenters. The van der Waals surface area contributed by atoms with Gasteiger partial charge in [0.1, 0.15) is 5.52 Å². The molecule has 1 amide bonds. The van der Waals surface area contributed by atoms with Crippen LogP contribution in [0.1, 0.15) is 34.8 Å². The monoisotopic (exact) mass is 408 g/mol. The van der Waals surface area contributed by atoms with E-state index in [9.17, 15) is 4.79 Å². The van der Waals surface area contributed by atoms with Gasteiger partial charge >= 0.3 is 0 Å². The van der Waals surface area contributed by atoms with E-state index in [1.54, 1.807) is 31.6 Å². The quantitative estimate of drug-likeness (QED) is 0.624. The Morgan fingerprint density at radius 3 is 2.70 bits per heavy atom. The van der Waals surface area contributed by atoms with Crippen molar-refractivity contribution in [3.8, 4) is 0 Å². The van der Waals surface area contributed by atoms with Crippen LogP contribution in [-0.2, 0) is 11.8 Å². The van der Waals surface area contributed by atoms with E-state index in [1.165, 1.54) is 0 Å². The van der Waals surface area contributed by atoms with Crippen molar-refractivity contribution < 1.29 is 9.53 Å². The number of fused-ring (bicyclic) bond motifs is 1. The van der Waals surface area contributed by atoms with E-state index in [-0.39, 0.29) is 5.91 Å². The summed E-state index contributed by atoms with van der Waals surface area (Å²) in [6.45, 7) is 2.83. The van der Waals surface area contributed by atoms with Gasteiger partial charge in [-0.15, -0.1) is 0 Å². The minimum Gasteiger partial charge on any atom is -0.383 e. The Balaban J connectivity index is 1.54. The summed E-state index contributed by atoms with van der Waals surface area (Å²) in [6.07, 6.45) is 6.95. The molecule has 0 aliphatic carbocycles. The van der Waals surface area contributed by atoms with Crippen LogP contribution in [0.2, 0.25) is 0 Å². The number of hydrogen-bond acceptors (Lipinski definition) is 6. The number of methoxy groups -OCH3 is 1. The van der Waals surface area contributed by atoms with Gasteiger partial charge in [0.05, 0.1) is 18.5 Å². The number of imidazole rings is 1. The summed E-state index contributed by atoms with van der Waals surface area (Å²) in [6, 6.07) is 5.70. The Morgan fingerprint density at radius 1 is 1.27 bits per heavy atom. The fourth-order valence-corrected chi connectivity index (χ4v) is 3.99. The molecular formula is C22H28N6O2. The van der Waals surface area contributed by atoms with Crippen LogP contribution in [-0.4, -0.2) is 70.7 Å². The number of pyridine rings is 2. The van der Waals surface area contributed by atoms with Crippen molar-refractivity contribution in [2.75, 3.05) is 45.3 Å². The van der Waals surface area contributed by atoms with Crippen molar-refractivity contribution in [1.29, 1.82) is 0 Å². The molecule has 0 bridgehead atoms. The van der Waals surface area contributed by atoms with Gasteiger partial charge in [-0.25, -0.2) is 9.97 Å². The van der Waals surface area contributed by atoms with Crippen LogP contribution in [0.5, 0.6) is 0 Å². The second-order valence-corrected chi connectivity index (χ2v) is 7.81. The van der Waals surface area contributed by atoms with Crippen molar-refractivity contribution in [1.82, 2.24) is 24.4 Å². The molecule has 3 aromatic heterocycles. The van der Waals surface area contributed by atoms with Crippen LogP contribution in [0.3, 0.4) is 0 Å². The average Bonchev–Trinajstić information content (AvgIpc) is 3.17. The molecule has 158 valence electrons. The smallest absolute Gasteiger partial charge is 0.253 e. The number of aromatic nitrogens is 4. The summed E-state index contributed by atoms with van der Waals surface area (Å²) in [5.74, 6) is 1.28. The molecule has 1 saturated heterocycles. The van der Waals surface area contributed by atoms with Crippen LogP contribution < -0.4 is 4.90 Å². The third-order valence-corrected chi connectivity index (χ3v) is 5.83. The predicted molar refractivity (Wildman–Crippen MR) is 116 cm³/mol. The minimum absolute atomic E-state index is 0.0749. The standard InChI is InChI=1S/C22H28N6O2/c1-26(12-13-30-3)21-20-19(27(2)15-24-20)14-18(25-21)16-6-10-28(11-7-16)22(29)17-4-8-23-9-5-17/h4-5,8-9,14-16H,6-7,10-13H2,1-3H3. The molecule has 4 rings (SSSR count). The number of likely N-dealkylation sites (tertiary alicyclic amines) is 1. The number of anilines is 1. The molecular weight excluding hydrogens is 380 g/mol. The van der Waals surface area contributed by atoms with Crippen molar-refractivity contribution in [3.05, 3.63) is 48.2 Å². The fraction of sp³-hybridized carbons (Fsp3) is 0.455. The SMILES string of the molecule is COCCN(C)c1nc(C2CCN(C(=O)c3ccncc3)CC2)cc2c1ncn2C. The molecule has 0 N–H and O–H groups in total. The van der Waals surface area contributed by atoms with Crippen molar-refractivity contribution >= 4 is 22.8 Å². The normalized spacial score (nSPS) is 15.0. The first-order valence-corrected chi connectivity index (χ1v) is 10.3. The van der Waals surface area contributed by atoms with Gasteiger partial charge in [-0.1, -0.05) is 0 Å². The number of ether oxygens (including phenoxy) is 1. The Labute approximate surface area is 176 Å². The number of aryl methyl sites for hydroxylation is 1. The molecule has 0 radical (unpaired) electrons. The lowest BCUT2D eigenvalue weighted by molar-refractivity contribution is 0.0712. The Hall–Kier alpha value is -3.00. The van der Waals surface area contributed by atoms with Gasteiger partial charge < -0.3 is 19.1 Å². The maximum atomic E-state index is 12.7. The highest BCUT2D eigenvalue weighted by Crippen LogP contribution is 2.32. The summed E-state index contributed by atoms with van der Waals surface area (Å²) in [7, 11) is 5.73. The maximum absolute atomic E-state index is 12.7. The van der Waals surface area contributed by atoms with Gasteiger partial charge in [0.15, 0.2) is 5.82 Å². The number of carbonyl (C=O) groups is 1. The Bertz CT molecular complexity index is 1010. The fourth-order valence-electron chi connectivity index (χ4n) is 3.99. The zero-order valence-corrected chi connectivity index (χ0v) is 17.8. The summed E-state index contributed by atoms with van der Waals surface area (Å²) < 4.78 is 7.27. The number of hydrogen-bond donors (Lipinski definition) is 0. The van der Waals surface area contributed by atoms with Crippen molar-refractivity contribution in [3.63, 3.8) is 0 Å². The number of carbonyl (C=O) groups excluding carboxylic acids is 1. The highest BCUT2D eigenvalue weighted by atomic mass is 16.5. The largest absolute Gasteiger partial charge is 0.383 e. The molecule has 3 aromatic rings. The van der Waals surface area contributed by atoms with E-state index < -0.39 is 0 Å². The Kier molecular flexibility index (Phi) is 5.94. The Morgan fingerprint density at radius 2 is 2.00 bits per heavy atom. The molecule has 0 aromatic carbocycles. The highest BCUT2D eigenvalue weighted by molar-refractivity contribution is 5.94. The number of piperidine rings is 1. The molecule has 1 aliphatic rings. The maximum Gasteiger partial charge on any atom is 0.253 e. The topological polar surface area (TPSA) is 76.4 Å². The highest BCUT2D eigenvalue weighted by Gasteiger charge is 2.27. The van der Waals surface area contributed by atoms with Gasteiger partial charge in [-0.3, -0.25) is 9.78 Å². The number of amides is 1. The molecule has 0 saturated carbocycles. The van der Waals surface area contributed by atoms with E-state index in [4.69, 9.17) is 9.72 Å². The lowest BCUT2D eigenvalue weighted by Gasteiger charge is -2.32. The first-order valence-electron chi connectivity index (χ1n) is 10.3. The van der Waals surface area contributed by atoms with Crippen LogP contribution in [0.4, 0.5) is 5.82 Å². The van der Waals surface area contributed by atoms with Crippen molar-refractivity contribution in [2.24, 2.45) is 7.05 Å². The molecule has 0 spiro atoms. The number of rotatable bonds is 6.